The standard InChI is InChI=1S/C33H27N5O2S/c1-4-18-40-27-15-12-24(13-16-27)14-17-30-34-33-38(35-30)32(39)29(41-33)20-25-21-37(26-8-6-5-7-9-26)36-31(25)28-19-22(2)10-11-23(28)3/h4-17,19-21H,1,18H2,2-3H3/b17-14+,29-20-. The van der Waals surface area contributed by atoms with E-state index >= 15 is 0 Å². The summed E-state index contributed by atoms with van der Waals surface area (Å²) in [5.41, 5.74) is 6.67. The van der Waals surface area contributed by atoms with Crippen molar-refractivity contribution in [2.24, 2.45) is 0 Å². The predicted molar refractivity (Wildman–Crippen MR) is 165 cm³/mol. The van der Waals surface area contributed by atoms with E-state index in [0.717, 1.165) is 44.9 Å². The molecule has 0 unspecified atom stereocenters. The van der Waals surface area contributed by atoms with Gasteiger partial charge in [-0.2, -0.15) is 14.6 Å². The zero-order valence-electron chi connectivity index (χ0n) is 22.7. The molecule has 0 bridgehead atoms. The number of aryl methyl sites for hydroxylation is 2. The average Bonchev–Trinajstić information content (AvgIpc) is 3.68. The molecule has 0 spiro atoms. The van der Waals surface area contributed by atoms with Crippen LogP contribution in [0.15, 0.2) is 96.4 Å². The van der Waals surface area contributed by atoms with Crippen LogP contribution in [0.2, 0.25) is 0 Å². The van der Waals surface area contributed by atoms with E-state index in [1.165, 1.54) is 15.9 Å². The minimum Gasteiger partial charge on any atom is -0.490 e. The summed E-state index contributed by atoms with van der Waals surface area (Å²) in [5.74, 6) is 1.25. The number of hydrogen-bond donors (Lipinski definition) is 0. The van der Waals surface area contributed by atoms with Crippen molar-refractivity contribution in [1.29, 1.82) is 0 Å². The number of rotatable bonds is 8. The lowest BCUT2D eigenvalue weighted by atomic mass is 10.0. The van der Waals surface area contributed by atoms with Crippen LogP contribution in [0.5, 0.6) is 5.75 Å². The predicted octanol–water partition coefficient (Wildman–Crippen LogP) is 5.90. The molecule has 7 nitrogen and oxygen atoms in total. The molecule has 0 N–H and O–H groups in total. The quantitative estimate of drug-likeness (QED) is 0.218. The Morgan fingerprint density at radius 3 is 2.54 bits per heavy atom. The topological polar surface area (TPSA) is 74.3 Å². The lowest BCUT2D eigenvalue weighted by molar-refractivity contribution is 0.363. The van der Waals surface area contributed by atoms with Gasteiger partial charge in [0.2, 0.25) is 4.96 Å². The monoisotopic (exact) mass is 557 g/mol. The van der Waals surface area contributed by atoms with Gasteiger partial charge in [0.1, 0.15) is 18.1 Å². The highest BCUT2D eigenvalue weighted by Crippen LogP contribution is 2.28. The molecular weight excluding hydrogens is 530 g/mol. The smallest absolute Gasteiger partial charge is 0.291 e. The van der Waals surface area contributed by atoms with Crippen LogP contribution in [-0.4, -0.2) is 31.0 Å². The molecule has 3 aromatic heterocycles. The molecule has 0 aliphatic rings. The van der Waals surface area contributed by atoms with Gasteiger partial charge in [-0.1, -0.05) is 78.1 Å². The number of nitrogens with zero attached hydrogens (tertiary/aromatic N) is 5. The number of ether oxygens (including phenoxy) is 1. The highest BCUT2D eigenvalue weighted by atomic mass is 32.1. The van der Waals surface area contributed by atoms with E-state index in [1.807, 2.05) is 77.6 Å². The zero-order chi connectivity index (χ0) is 28.3. The van der Waals surface area contributed by atoms with Crippen molar-refractivity contribution in [3.8, 4) is 22.7 Å². The van der Waals surface area contributed by atoms with Crippen molar-refractivity contribution in [2.45, 2.75) is 13.8 Å². The van der Waals surface area contributed by atoms with Gasteiger partial charge in [0.05, 0.1) is 10.2 Å². The number of para-hydroxylation sites is 1. The van der Waals surface area contributed by atoms with Crippen LogP contribution in [0.1, 0.15) is 28.1 Å². The minimum atomic E-state index is -0.208. The third-order valence-electron chi connectivity index (χ3n) is 6.57. The molecule has 0 amide bonds. The summed E-state index contributed by atoms with van der Waals surface area (Å²) < 4.78 is 9.29. The van der Waals surface area contributed by atoms with Crippen LogP contribution in [-0.2, 0) is 0 Å². The van der Waals surface area contributed by atoms with Crippen molar-refractivity contribution < 1.29 is 4.74 Å². The third-order valence-corrected chi connectivity index (χ3v) is 7.53. The van der Waals surface area contributed by atoms with E-state index in [9.17, 15) is 4.79 Å². The van der Waals surface area contributed by atoms with Gasteiger partial charge >= 0.3 is 0 Å². The summed E-state index contributed by atoms with van der Waals surface area (Å²) in [6.45, 7) is 8.26. The molecular formula is C33H27N5O2S. The fraction of sp³-hybridized carbons (Fsp3) is 0.0909. The summed E-state index contributed by atoms with van der Waals surface area (Å²) in [6, 6.07) is 23.9. The van der Waals surface area contributed by atoms with E-state index < -0.39 is 0 Å². The molecule has 3 aromatic carbocycles. The SMILES string of the molecule is C=CCOc1ccc(/C=C/c2nc3s/c(=C\c4cn(-c5ccccc5)nc4-c4cc(C)ccc4C)c(=O)n3n2)cc1. The van der Waals surface area contributed by atoms with Gasteiger partial charge < -0.3 is 4.74 Å². The Morgan fingerprint density at radius 2 is 1.78 bits per heavy atom. The Balaban J connectivity index is 1.35. The van der Waals surface area contributed by atoms with E-state index in [2.05, 4.69) is 48.7 Å². The number of fused-ring (bicyclic) bond motifs is 1. The summed E-state index contributed by atoms with van der Waals surface area (Å²) in [4.78, 5) is 18.5. The normalized spacial score (nSPS) is 12.0. The van der Waals surface area contributed by atoms with Crippen molar-refractivity contribution in [2.75, 3.05) is 6.61 Å². The Morgan fingerprint density at radius 1 is 0.976 bits per heavy atom. The second-order valence-electron chi connectivity index (χ2n) is 9.61. The van der Waals surface area contributed by atoms with Crippen molar-refractivity contribution >= 4 is 34.5 Å². The van der Waals surface area contributed by atoms with Gasteiger partial charge in [-0.05, 0) is 67.5 Å². The summed E-state index contributed by atoms with van der Waals surface area (Å²) in [6.07, 6.45) is 9.26. The molecule has 41 heavy (non-hydrogen) atoms. The van der Waals surface area contributed by atoms with Crippen LogP contribution in [0.4, 0.5) is 0 Å². The summed E-state index contributed by atoms with van der Waals surface area (Å²) in [7, 11) is 0. The zero-order valence-corrected chi connectivity index (χ0v) is 23.5. The molecule has 0 radical (unpaired) electrons. The van der Waals surface area contributed by atoms with Gasteiger partial charge in [0, 0.05) is 17.3 Å². The van der Waals surface area contributed by atoms with Crippen LogP contribution in [0.25, 0.3) is 40.1 Å². The molecule has 0 aliphatic heterocycles. The highest BCUT2D eigenvalue weighted by Gasteiger charge is 2.15. The van der Waals surface area contributed by atoms with E-state index in [-0.39, 0.29) is 5.56 Å². The third kappa shape index (κ3) is 5.50. The van der Waals surface area contributed by atoms with Crippen LogP contribution >= 0.6 is 11.3 Å². The summed E-state index contributed by atoms with van der Waals surface area (Å²) >= 11 is 1.31. The molecule has 3 heterocycles. The van der Waals surface area contributed by atoms with Gasteiger partial charge in [-0.15, -0.1) is 5.10 Å². The van der Waals surface area contributed by atoms with Gasteiger partial charge in [-0.25, -0.2) is 4.68 Å². The van der Waals surface area contributed by atoms with E-state index in [4.69, 9.17) is 9.84 Å². The molecule has 0 atom stereocenters. The Bertz CT molecular complexity index is 2000. The minimum absolute atomic E-state index is 0.208. The van der Waals surface area contributed by atoms with Gasteiger partial charge in [0.25, 0.3) is 5.56 Å². The van der Waals surface area contributed by atoms with Crippen LogP contribution in [0.3, 0.4) is 0 Å². The second-order valence-corrected chi connectivity index (χ2v) is 10.6. The van der Waals surface area contributed by atoms with E-state index in [1.54, 1.807) is 12.2 Å². The molecule has 0 fully saturated rings. The largest absolute Gasteiger partial charge is 0.490 e. The van der Waals surface area contributed by atoms with E-state index in [0.29, 0.717) is 21.9 Å². The first-order valence-electron chi connectivity index (χ1n) is 13.1. The maximum Gasteiger partial charge on any atom is 0.291 e. The molecule has 202 valence electrons. The fourth-order valence-corrected chi connectivity index (χ4v) is 5.37. The van der Waals surface area contributed by atoms with Crippen LogP contribution < -0.4 is 14.8 Å². The Labute approximate surface area is 241 Å². The molecule has 6 rings (SSSR count). The molecule has 0 aliphatic carbocycles. The maximum atomic E-state index is 13.4. The first-order valence-corrected chi connectivity index (χ1v) is 14.0. The Kier molecular flexibility index (Phi) is 7.14. The highest BCUT2D eigenvalue weighted by molar-refractivity contribution is 7.15. The number of thiazole rings is 1. The van der Waals surface area contributed by atoms with Gasteiger partial charge in [-0.3, -0.25) is 4.79 Å². The number of aromatic nitrogens is 5. The molecule has 6 aromatic rings. The van der Waals surface area contributed by atoms with Crippen molar-refractivity contribution in [3.63, 3.8) is 0 Å². The first-order chi connectivity index (χ1) is 20.0. The van der Waals surface area contributed by atoms with Crippen molar-refractivity contribution in [1.82, 2.24) is 24.4 Å². The lowest BCUT2D eigenvalue weighted by Gasteiger charge is -2.05. The first kappa shape index (κ1) is 26.2. The second kappa shape index (κ2) is 11.2. The van der Waals surface area contributed by atoms with Crippen molar-refractivity contribution in [3.05, 3.63) is 135 Å². The molecule has 0 saturated heterocycles. The average molecular weight is 558 g/mol. The Hall–Kier alpha value is -5.08. The lowest BCUT2D eigenvalue weighted by Crippen LogP contribution is -2.23. The van der Waals surface area contributed by atoms with Gasteiger partial charge in [0.15, 0.2) is 5.82 Å². The maximum absolute atomic E-state index is 13.4. The fourth-order valence-electron chi connectivity index (χ4n) is 4.47. The summed E-state index contributed by atoms with van der Waals surface area (Å²) in [5, 5.41) is 9.38. The van der Waals surface area contributed by atoms with Crippen LogP contribution in [0, 0.1) is 13.8 Å². The number of hydrogen-bond acceptors (Lipinski definition) is 6. The molecule has 0 saturated carbocycles. The molecule has 8 heteroatoms. The number of benzene rings is 3.